The van der Waals surface area contributed by atoms with Gasteiger partial charge in [0.05, 0.1) is 12.1 Å². The third kappa shape index (κ3) is 3.09. The van der Waals surface area contributed by atoms with Crippen LogP contribution in [-0.4, -0.2) is 24.7 Å². The Morgan fingerprint density at radius 2 is 2.17 bits per heavy atom. The average Bonchev–Trinajstić information content (AvgIpc) is 2.92. The Hall–Kier alpha value is -1.39. The van der Waals surface area contributed by atoms with Gasteiger partial charge in [0.25, 0.3) is 0 Å². The summed E-state index contributed by atoms with van der Waals surface area (Å²) in [6.45, 7) is 2.75. The number of rotatable bonds is 4. The summed E-state index contributed by atoms with van der Waals surface area (Å²) in [6.07, 6.45) is 2.19. The van der Waals surface area contributed by atoms with Gasteiger partial charge in [-0.05, 0) is 25.3 Å². The second kappa shape index (κ2) is 5.98. The van der Waals surface area contributed by atoms with Gasteiger partial charge in [-0.2, -0.15) is 0 Å². The van der Waals surface area contributed by atoms with Crippen LogP contribution in [0.25, 0.3) is 0 Å². The van der Waals surface area contributed by atoms with E-state index in [0.717, 1.165) is 25.0 Å². The van der Waals surface area contributed by atoms with Gasteiger partial charge < -0.3 is 15.8 Å². The molecule has 0 spiro atoms. The topological polar surface area (TPSA) is 64.4 Å². The number of nitrogens with two attached hydrogens (primary N) is 1. The summed E-state index contributed by atoms with van der Waals surface area (Å²) in [5.74, 6) is -0.149. The average molecular weight is 248 g/mol. The quantitative estimate of drug-likeness (QED) is 0.846. The first-order valence-electron chi connectivity index (χ1n) is 6.41. The lowest BCUT2D eigenvalue weighted by Crippen LogP contribution is -2.44. The van der Waals surface area contributed by atoms with Gasteiger partial charge in [0, 0.05) is 6.61 Å². The fraction of sp³-hybridized carbons (Fsp3) is 0.500. The van der Waals surface area contributed by atoms with Gasteiger partial charge in [0.15, 0.2) is 0 Å². The molecule has 1 saturated heterocycles. The van der Waals surface area contributed by atoms with Gasteiger partial charge in [-0.25, -0.2) is 0 Å². The number of amides is 1. The van der Waals surface area contributed by atoms with Crippen molar-refractivity contribution in [3.05, 3.63) is 35.9 Å². The number of nitrogens with one attached hydrogen (secondary N) is 1. The van der Waals surface area contributed by atoms with E-state index in [9.17, 15) is 4.79 Å². The molecule has 0 saturated carbocycles. The van der Waals surface area contributed by atoms with Crippen molar-refractivity contribution < 1.29 is 9.53 Å². The zero-order valence-corrected chi connectivity index (χ0v) is 10.6. The van der Waals surface area contributed by atoms with E-state index in [4.69, 9.17) is 10.5 Å². The molecule has 1 fully saturated rings. The minimum absolute atomic E-state index is 0.00904. The van der Waals surface area contributed by atoms with Gasteiger partial charge in [-0.1, -0.05) is 30.3 Å². The third-order valence-corrected chi connectivity index (χ3v) is 3.33. The molecule has 98 valence electrons. The van der Waals surface area contributed by atoms with E-state index in [0.29, 0.717) is 0 Å². The Bertz CT molecular complexity index is 388. The maximum absolute atomic E-state index is 12.0. The second-order valence-corrected chi connectivity index (χ2v) is 4.74. The third-order valence-electron chi connectivity index (χ3n) is 3.33. The Labute approximate surface area is 108 Å². The van der Waals surface area contributed by atoms with Crippen LogP contribution >= 0.6 is 0 Å². The molecule has 4 heteroatoms. The number of benzene rings is 1. The predicted octanol–water partition coefficient (Wildman–Crippen LogP) is 1.37. The largest absolute Gasteiger partial charge is 0.376 e. The van der Waals surface area contributed by atoms with Gasteiger partial charge in [0.1, 0.15) is 6.04 Å². The highest BCUT2D eigenvalue weighted by atomic mass is 16.5. The zero-order chi connectivity index (χ0) is 13.0. The summed E-state index contributed by atoms with van der Waals surface area (Å²) in [7, 11) is 0. The lowest BCUT2D eigenvalue weighted by Gasteiger charge is -2.22. The zero-order valence-electron chi connectivity index (χ0n) is 10.6. The summed E-state index contributed by atoms with van der Waals surface area (Å²) < 4.78 is 5.55. The monoisotopic (exact) mass is 248 g/mol. The highest BCUT2D eigenvalue weighted by molar-refractivity contribution is 5.83. The number of ether oxygens (including phenoxy) is 1. The molecule has 1 aliphatic heterocycles. The molecule has 4 nitrogen and oxygen atoms in total. The maximum Gasteiger partial charge on any atom is 0.241 e. The SMILES string of the molecule is CC(NC(=O)[C@@H](N)c1ccccc1)C1CCCO1. The number of hydrogen-bond donors (Lipinski definition) is 2. The first kappa shape index (κ1) is 13.1. The molecule has 0 aromatic heterocycles. The Morgan fingerprint density at radius 1 is 1.44 bits per heavy atom. The first-order valence-corrected chi connectivity index (χ1v) is 6.41. The molecule has 1 heterocycles. The minimum atomic E-state index is -0.616. The molecule has 1 aromatic carbocycles. The van der Waals surface area contributed by atoms with E-state index in [1.54, 1.807) is 0 Å². The van der Waals surface area contributed by atoms with Crippen LogP contribution in [0.15, 0.2) is 30.3 Å². The first-order chi connectivity index (χ1) is 8.68. The van der Waals surface area contributed by atoms with Gasteiger partial charge in [-0.15, -0.1) is 0 Å². The van der Waals surface area contributed by atoms with Crippen LogP contribution in [0.1, 0.15) is 31.4 Å². The number of carbonyl (C=O) groups is 1. The Balaban J connectivity index is 1.91. The summed E-state index contributed by atoms with van der Waals surface area (Å²) >= 11 is 0. The fourth-order valence-electron chi connectivity index (χ4n) is 2.22. The molecule has 0 aliphatic carbocycles. The van der Waals surface area contributed by atoms with Gasteiger partial charge >= 0.3 is 0 Å². The predicted molar refractivity (Wildman–Crippen MR) is 69.9 cm³/mol. The highest BCUT2D eigenvalue weighted by Crippen LogP contribution is 2.16. The van der Waals surface area contributed by atoms with Crippen LogP contribution in [0.5, 0.6) is 0 Å². The molecule has 3 N–H and O–H groups in total. The Morgan fingerprint density at radius 3 is 2.78 bits per heavy atom. The number of carbonyl (C=O) groups excluding carboxylic acids is 1. The lowest BCUT2D eigenvalue weighted by molar-refractivity contribution is -0.124. The molecule has 0 radical (unpaired) electrons. The minimum Gasteiger partial charge on any atom is -0.376 e. The number of hydrogen-bond acceptors (Lipinski definition) is 3. The van der Waals surface area contributed by atoms with Crippen LogP contribution in [-0.2, 0) is 9.53 Å². The molecule has 0 bridgehead atoms. The van der Waals surface area contributed by atoms with E-state index >= 15 is 0 Å². The van der Waals surface area contributed by atoms with Crippen LogP contribution < -0.4 is 11.1 Å². The molecule has 1 aliphatic rings. The van der Waals surface area contributed by atoms with Gasteiger partial charge in [0.2, 0.25) is 5.91 Å². The maximum atomic E-state index is 12.0. The Kier molecular flexibility index (Phi) is 4.33. The van der Waals surface area contributed by atoms with Crippen molar-refractivity contribution in [1.82, 2.24) is 5.32 Å². The van der Waals surface area contributed by atoms with Gasteiger partial charge in [-0.3, -0.25) is 4.79 Å². The fourth-order valence-corrected chi connectivity index (χ4v) is 2.22. The lowest BCUT2D eigenvalue weighted by atomic mass is 10.1. The van der Waals surface area contributed by atoms with E-state index in [1.165, 1.54) is 0 Å². The molecule has 2 rings (SSSR count). The molecule has 1 aromatic rings. The standard InChI is InChI=1S/C14H20N2O2/c1-10(12-8-5-9-18-12)16-14(17)13(15)11-6-3-2-4-7-11/h2-4,6-7,10,12-13H,5,8-9,15H2,1H3,(H,16,17)/t10?,12?,13-/m0/s1. The van der Waals surface area contributed by atoms with E-state index < -0.39 is 6.04 Å². The summed E-state index contributed by atoms with van der Waals surface area (Å²) in [6, 6.07) is 8.79. The van der Waals surface area contributed by atoms with Crippen molar-refractivity contribution in [1.29, 1.82) is 0 Å². The van der Waals surface area contributed by atoms with E-state index in [1.807, 2.05) is 37.3 Å². The van der Waals surface area contributed by atoms with Crippen LogP contribution in [0.2, 0.25) is 0 Å². The molecule has 1 amide bonds. The molecule has 18 heavy (non-hydrogen) atoms. The molecular weight excluding hydrogens is 228 g/mol. The summed E-state index contributed by atoms with van der Waals surface area (Å²) in [5.41, 5.74) is 6.76. The van der Waals surface area contributed by atoms with Crippen molar-refractivity contribution in [2.75, 3.05) is 6.61 Å². The van der Waals surface area contributed by atoms with Crippen molar-refractivity contribution in [2.45, 2.75) is 38.0 Å². The van der Waals surface area contributed by atoms with Crippen LogP contribution in [0, 0.1) is 0 Å². The van der Waals surface area contributed by atoms with Crippen molar-refractivity contribution in [2.24, 2.45) is 5.73 Å². The van der Waals surface area contributed by atoms with Crippen molar-refractivity contribution in [3.63, 3.8) is 0 Å². The normalized spacial score (nSPS) is 22.4. The molecular formula is C14H20N2O2. The summed E-state index contributed by atoms with van der Waals surface area (Å²) in [5, 5.41) is 2.93. The van der Waals surface area contributed by atoms with Crippen LogP contribution in [0.3, 0.4) is 0 Å². The summed E-state index contributed by atoms with van der Waals surface area (Å²) in [4.78, 5) is 12.0. The van der Waals surface area contributed by atoms with Crippen molar-refractivity contribution >= 4 is 5.91 Å². The molecule has 2 unspecified atom stereocenters. The highest BCUT2D eigenvalue weighted by Gasteiger charge is 2.25. The smallest absolute Gasteiger partial charge is 0.241 e. The second-order valence-electron chi connectivity index (χ2n) is 4.74. The van der Waals surface area contributed by atoms with Crippen molar-refractivity contribution in [3.8, 4) is 0 Å². The van der Waals surface area contributed by atoms with Crippen LogP contribution in [0.4, 0.5) is 0 Å². The van der Waals surface area contributed by atoms with E-state index in [2.05, 4.69) is 5.32 Å². The van der Waals surface area contributed by atoms with E-state index in [-0.39, 0.29) is 18.1 Å². The molecule has 3 atom stereocenters.